The van der Waals surface area contributed by atoms with Crippen LogP contribution in [0.1, 0.15) is 57.8 Å². The Labute approximate surface area is 145 Å². The van der Waals surface area contributed by atoms with Crippen LogP contribution in [-0.2, 0) is 4.79 Å². The van der Waals surface area contributed by atoms with Crippen LogP contribution in [0.25, 0.3) is 0 Å². The number of nitrogens with two attached hydrogens (primary N) is 1. The summed E-state index contributed by atoms with van der Waals surface area (Å²) < 4.78 is 0. The summed E-state index contributed by atoms with van der Waals surface area (Å²) in [5, 5.41) is 6.59. The number of amides is 1. The molecule has 2 aliphatic rings. The molecule has 0 atom stereocenters. The fourth-order valence-electron chi connectivity index (χ4n) is 3.94. The van der Waals surface area contributed by atoms with Gasteiger partial charge in [0.2, 0.25) is 5.91 Å². The van der Waals surface area contributed by atoms with Crippen molar-refractivity contribution in [1.82, 2.24) is 0 Å². The second-order valence-corrected chi connectivity index (χ2v) is 7.56. The van der Waals surface area contributed by atoms with Crippen molar-refractivity contribution in [3.05, 3.63) is 24.3 Å². The highest BCUT2D eigenvalue weighted by molar-refractivity contribution is 5.92. The molecular formula is C20H31N3O. The average Bonchev–Trinajstić information content (AvgIpc) is 2.63. The topological polar surface area (TPSA) is 67.2 Å². The van der Waals surface area contributed by atoms with Gasteiger partial charge in [-0.3, -0.25) is 4.79 Å². The summed E-state index contributed by atoms with van der Waals surface area (Å²) in [5.74, 6) is 1.12. The van der Waals surface area contributed by atoms with Gasteiger partial charge in [0.25, 0.3) is 0 Å². The Balaban J connectivity index is 1.44. The first-order valence-corrected chi connectivity index (χ1v) is 9.61. The molecule has 2 saturated carbocycles. The van der Waals surface area contributed by atoms with E-state index in [9.17, 15) is 4.79 Å². The van der Waals surface area contributed by atoms with E-state index in [1.165, 1.54) is 32.1 Å². The molecule has 2 aliphatic carbocycles. The van der Waals surface area contributed by atoms with Gasteiger partial charge in [0.1, 0.15) is 0 Å². The molecule has 0 saturated heterocycles. The molecule has 0 aliphatic heterocycles. The molecule has 24 heavy (non-hydrogen) atoms. The van der Waals surface area contributed by atoms with Crippen molar-refractivity contribution in [2.24, 2.45) is 17.6 Å². The van der Waals surface area contributed by atoms with Gasteiger partial charge in [-0.2, -0.15) is 0 Å². The van der Waals surface area contributed by atoms with Gasteiger partial charge >= 0.3 is 0 Å². The molecule has 4 nitrogen and oxygen atoms in total. The predicted molar refractivity (Wildman–Crippen MR) is 100 cm³/mol. The molecule has 0 aromatic heterocycles. The minimum absolute atomic E-state index is 0.189. The zero-order chi connectivity index (χ0) is 16.8. The van der Waals surface area contributed by atoms with Crippen LogP contribution in [0.2, 0.25) is 0 Å². The molecule has 0 spiro atoms. The van der Waals surface area contributed by atoms with Gasteiger partial charge in [-0.15, -0.1) is 0 Å². The summed E-state index contributed by atoms with van der Waals surface area (Å²) in [7, 11) is 0. The molecular weight excluding hydrogens is 298 g/mol. The Morgan fingerprint density at radius 1 is 0.917 bits per heavy atom. The normalized spacial score (nSPS) is 25.2. The summed E-state index contributed by atoms with van der Waals surface area (Å²) >= 11 is 0. The van der Waals surface area contributed by atoms with Gasteiger partial charge in [0, 0.05) is 29.9 Å². The van der Waals surface area contributed by atoms with E-state index >= 15 is 0 Å². The molecule has 0 heterocycles. The maximum absolute atomic E-state index is 12.3. The lowest BCUT2D eigenvalue weighted by Crippen LogP contribution is -2.29. The molecule has 0 bridgehead atoms. The van der Waals surface area contributed by atoms with Crippen LogP contribution in [0.4, 0.5) is 11.4 Å². The smallest absolute Gasteiger partial charge is 0.227 e. The van der Waals surface area contributed by atoms with Gasteiger partial charge in [-0.25, -0.2) is 0 Å². The monoisotopic (exact) mass is 329 g/mol. The number of anilines is 2. The van der Waals surface area contributed by atoms with Crippen molar-refractivity contribution >= 4 is 17.3 Å². The number of hydrogen-bond donors (Lipinski definition) is 3. The molecule has 0 radical (unpaired) electrons. The summed E-state index contributed by atoms with van der Waals surface area (Å²) in [4.78, 5) is 12.3. The second-order valence-electron chi connectivity index (χ2n) is 7.56. The summed E-state index contributed by atoms with van der Waals surface area (Å²) in [6.45, 7) is 1.01. The maximum atomic E-state index is 12.3. The molecule has 3 rings (SSSR count). The fraction of sp³-hybridized carbons (Fsp3) is 0.650. The zero-order valence-electron chi connectivity index (χ0n) is 14.6. The van der Waals surface area contributed by atoms with Crippen LogP contribution in [-0.4, -0.2) is 18.5 Å². The summed E-state index contributed by atoms with van der Waals surface area (Å²) in [6, 6.07) is 8.53. The van der Waals surface area contributed by atoms with Crippen molar-refractivity contribution in [2.45, 2.75) is 63.8 Å². The minimum atomic E-state index is 0.189. The highest BCUT2D eigenvalue weighted by atomic mass is 16.1. The van der Waals surface area contributed by atoms with E-state index < -0.39 is 0 Å². The van der Waals surface area contributed by atoms with Crippen LogP contribution in [0.15, 0.2) is 24.3 Å². The van der Waals surface area contributed by atoms with Gasteiger partial charge in [-0.1, -0.05) is 19.3 Å². The van der Waals surface area contributed by atoms with Gasteiger partial charge in [0.05, 0.1) is 0 Å². The van der Waals surface area contributed by atoms with Crippen LogP contribution in [0.5, 0.6) is 0 Å². The lowest BCUT2D eigenvalue weighted by atomic mass is 9.86. The maximum Gasteiger partial charge on any atom is 0.227 e. The van der Waals surface area contributed by atoms with E-state index in [2.05, 4.69) is 22.8 Å². The number of rotatable bonds is 5. The van der Waals surface area contributed by atoms with E-state index in [-0.39, 0.29) is 11.8 Å². The van der Waals surface area contributed by atoms with Crippen molar-refractivity contribution in [2.75, 3.05) is 17.2 Å². The van der Waals surface area contributed by atoms with E-state index in [1.54, 1.807) is 0 Å². The second kappa shape index (κ2) is 8.52. The first-order valence-electron chi connectivity index (χ1n) is 9.61. The third-order valence-corrected chi connectivity index (χ3v) is 5.61. The Bertz CT molecular complexity index is 514. The zero-order valence-corrected chi connectivity index (χ0v) is 14.6. The number of nitrogens with one attached hydrogen (secondary N) is 2. The minimum Gasteiger partial charge on any atom is -0.385 e. The summed E-state index contributed by atoms with van der Waals surface area (Å²) in [5.41, 5.74) is 7.99. The average molecular weight is 329 g/mol. The number of benzene rings is 1. The summed E-state index contributed by atoms with van der Waals surface area (Å²) in [6.07, 6.45) is 10.5. The molecule has 132 valence electrons. The quantitative estimate of drug-likeness (QED) is 0.760. The van der Waals surface area contributed by atoms with Crippen molar-refractivity contribution in [3.8, 4) is 0 Å². The molecule has 0 unspecified atom stereocenters. The van der Waals surface area contributed by atoms with Crippen LogP contribution < -0.4 is 16.4 Å². The van der Waals surface area contributed by atoms with Gasteiger partial charge < -0.3 is 16.4 Å². The highest BCUT2D eigenvalue weighted by Crippen LogP contribution is 2.26. The Hall–Kier alpha value is -1.55. The first-order chi connectivity index (χ1) is 11.7. The molecule has 4 heteroatoms. The van der Waals surface area contributed by atoms with E-state index in [0.29, 0.717) is 6.04 Å². The number of carbonyl (C=O) groups excluding carboxylic acids is 1. The van der Waals surface area contributed by atoms with E-state index in [0.717, 1.165) is 49.5 Å². The molecule has 1 aromatic carbocycles. The molecule has 4 N–H and O–H groups in total. The Kier molecular flexibility index (Phi) is 6.13. The predicted octanol–water partition coefficient (Wildman–Crippen LogP) is 4.13. The van der Waals surface area contributed by atoms with Crippen molar-refractivity contribution < 1.29 is 4.79 Å². The number of carbonyl (C=O) groups is 1. The third-order valence-electron chi connectivity index (χ3n) is 5.61. The van der Waals surface area contributed by atoms with Crippen molar-refractivity contribution in [1.29, 1.82) is 0 Å². The first kappa shape index (κ1) is 17.3. The van der Waals surface area contributed by atoms with E-state index in [1.807, 2.05) is 12.1 Å². The number of hydrogen-bond acceptors (Lipinski definition) is 3. The third kappa shape index (κ3) is 4.97. The SMILES string of the molecule is NC1CCC(CNc2ccc(NC(=O)C3CCCCC3)cc2)CC1. The van der Waals surface area contributed by atoms with Gasteiger partial charge in [-0.05, 0) is 68.7 Å². The lowest BCUT2D eigenvalue weighted by molar-refractivity contribution is -0.120. The lowest BCUT2D eigenvalue weighted by Gasteiger charge is -2.26. The van der Waals surface area contributed by atoms with Crippen LogP contribution in [0.3, 0.4) is 0 Å². The largest absolute Gasteiger partial charge is 0.385 e. The van der Waals surface area contributed by atoms with Crippen LogP contribution >= 0.6 is 0 Å². The van der Waals surface area contributed by atoms with E-state index in [4.69, 9.17) is 5.73 Å². The Morgan fingerprint density at radius 3 is 2.21 bits per heavy atom. The fourth-order valence-corrected chi connectivity index (χ4v) is 3.94. The Morgan fingerprint density at radius 2 is 1.54 bits per heavy atom. The standard InChI is InChI=1S/C20H31N3O/c21-17-8-6-15(7-9-17)14-22-18-10-12-19(13-11-18)23-20(24)16-4-2-1-3-5-16/h10-13,15-17,22H,1-9,14,21H2,(H,23,24). The molecule has 1 aromatic rings. The van der Waals surface area contributed by atoms with Crippen molar-refractivity contribution in [3.63, 3.8) is 0 Å². The molecule has 1 amide bonds. The van der Waals surface area contributed by atoms with Gasteiger partial charge in [0.15, 0.2) is 0 Å². The highest BCUT2D eigenvalue weighted by Gasteiger charge is 2.21. The van der Waals surface area contributed by atoms with Crippen LogP contribution in [0, 0.1) is 11.8 Å². The molecule has 2 fully saturated rings.